The third-order valence-electron chi connectivity index (χ3n) is 3.32. The molecule has 0 saturated carbocycles. The number of hydrogen-bond donors (Lipinski definition) is 2. The number of anilines is 2. The molecule has 6 heteroatoms. The summed E-state index contributed by atoms with van der Waals surface area (Å²) >= 11 is 1.34. The molecule has 3 N–H and O–H groups in total. The van der Waals surface area contributed by atoms with E-state index in [9.17, 15) is 4.79 Å². The zero-order chi connectivity index (χ0) is 15.3. The van der Waals surface area contributed by atoms with E-state index in [0.29, 0.717) is 16.6 Å². The summed E-state index contributed by atoms with van der Waals surface area (Å²) in [5.41, 5.74) is 5.88. The number of nitrogens with one attached hydrogen (secondary N) is 1. The van der Waals surface area contributed by atoms with Gasteiger partial charge in [0.2, 0.25) is 0 Å². The van der Waals surface area contributed by atoms with Crippen molar-refractivity contribution in [3.05, 3.63) is 4.88 Å². The molecule has 1 aromatic rings. The molecule has 20 heavy (non-hydrogen) atoms. The number of thiazole rings is 1. The summed E-state index contributed by atoms with van der Waals surface area (Å²) in [5, 5.41) is 3.93. The summed E-state index contributed by atoms with van der Waals surface area (Å²) in [6, 6.07) is 0.246. The molecule has 1 amide bonds. The molecule has 0 bridgehead atoms. The van der Waals surface area contributed by atoms with E-state index in [1.807, 2.05) is 7.05 Å². The first-order valence-corrected chi connectivity index (χ1v) is 7.99. The number of amides is 1. The Morgan fingerprint density at radius 1 is 1.40 bits per heavy atom. The Morgan fingerprint density at radius 2 is 2.00 bits per heavy atom. The fraction of sp³-hybridized carbons (Fsp3) is 0.714. The molecule has 0 spiro atoms. The highest BCUT2D eigenvalue weighted by atomic mass is 32.1. The van der Waals surface area contributed by atoms with Gasteiger partial charge in [-0.2, -0.15) is 0 Å². The fourth-order valence-corrected chi connectivity index (χ4v) is 2.89. The van der Waals surface area contributed by atoms with Crippen molar-refractivity contribution in [3.63, 3.8) is 0 Å². The fourth-order valence-electron chi connectivity index (χ4n) is 2.01. The number of rotatable bonds is 7. The molecule has 0 radical (unpaired) electrons. The molecule has 1 heterocycles. The van der Waals surface area contributed by atoms with Crippen LogP contribution in [-0.2, 0) is 0 Å². The molecule has 5 nitrogen and oxygen atoms in total. The second-order valence-electron chi connectivity index (χ2n) is 5.39. The van der Waals surface area contributed by atoms with Gasteiger partial charge in [0.25, 0.3) is 5.91 Å². The third kappa shape index (κ3) is 4.10. The minimum Gasteiger partial charge on any atom is -0.382 e. The van der Waals surface area contributed by atoms with Gasteiger partial charge in [-0.1, -0.05) is 39.0 Å². The summed E-state index contributed by atoms with van der Waals surface area (Å²) in [5.74, 6) is 0.807. The average molecular weight is 298 g/mol. The van der Waals surface area contributed by atoms with E-state index in [0.717, 1.165) is 24.5 Å². The number of nitrogens with two attached hydrogens (primary N) is 1. The van der Waals surface area contributed by atoms with Crippen molar-refractivity contribution in [3.8, 4) is 0 Å². The molecule has 0 atom stereocenters. The maximum Gasteiger partial charge on any atom is 0.267 e. The van der Waals surface area contributed by atoms with Crippen molar-refractivity contribution in [1.29, 1.82) is 0 Å². The number of aromatic nitrogens is 1. The Bertz CT molecular complexity index is 440. The number of carbonyl (C=O) groups is 1. The SMILES string of the molecule is CCC(CC)N(C)C(=O)c1sc(NCC(C)C)nc1N. The largest absolute Gasteiger partial charge is 0.382 e. The third-order valence-corrected chi connectivity index (χ3v) is 4.34. The standard InChI is InChI=1S/C14H26N4OS/c1-6-10(7-2)18(5)13(19)11-12(15)17-14(20-11)16-8-9(3)4/h9-10H,6-8,15H2,1-5H3,(H,16,17). The normalized spacial score (nSPS) is 11.2. The second kappa shape index (κ2) is 7.47. The first kappa shape index (κ1) is 16.8. The highest BCUT2D eigenvalue weighted by Crippen LogP contribution is 2.27. The smallest absolute Gasteiger partial charge is 0.267 e. The molecule has 1 aromatic heterocycles. The summed E-state index contributed by atoms with van der Waals surface area (Å²) in [7, 11) is 1.83. The van der Waals surface area contributed by atoms with Crippen LogP contribution in [0.3, 0.4) is 0 Å². The lowest BCUT2D eigenvalue weighted by molar-refractivity contribution is 0.0729. The van der Waals surface area contributed by atoms with Gasteiger partial charge in [-0.25, -0.2) is 4.98 Å². The minimum atomic E-state index is -0.0358. The van der Waals surface area contributed by atoms with Crippen molar-refractivity contribution in [2.24, 2.45) is 5.92 Å². The summed E-state index contributed by atoms with van der Waals surface area (Å²) < 4.78 is 0. The van der Waals surface area contributed by atoms with E-state index in [2.05, 4.69) is 38.0 Å². The van der Waals surface area contributed by atoms with Gasteiger partial charge < -0.3 is 16.0 Å². The van der Waals surface area contributed by atoms with E-state index in [1.54, 1.807) is 4.90 Å². The Labute approximate surface area is 125 Å². The van der Waals surface area contributed by atoms with Crippen LogP contribution in [0.2, 0.25) is 0 Å². The first-order chi connectivity index (χ1) is 9.40. The Hall–Kier alpha value is -1.30. The zero-order valence-electron chi connectivity index (χ0n) is 13.1. The van der Waals surface area contributed by atoms with Crippen LogP contribution < -0.4 is 11.1 Å². The molecule has 114 valence electrons. The Morgan fingerprint density at radius 3 is 2.50 bits per heavy atom. The highest BCUT2D eigenvalue weighted by Gasteiger charge is 2.23. The van der Waals surface area contributed by atoms with E-state index in [4.69, 9.17) is 5.73 Å². The van der Waals surface area contributed by atoms with Crippen molar-refractivity contribution in [2.75, 3.05) is 24.6 Å². The topological polar surface area (TPSA) is 71.2 Å². The average Bonchev–Trinajstić information content (AvgIpc) is 2.78. The van der Waals surface area contributed by atoms with Crippen molar-refractivity contribution >= 4 is 28.2 Å². The van der Waals surface area contributed by atoms with Crippen LogP contribution in [0.1, 0.15) is 50.2 Å². The minimum absolute atomic E-state index is 0.0358. The molecule has 0 aromatic carbocycles. The molecule has 0 aliphatic carbocycles. The van der Waals surface area contributed by atoms with E-state index < -0.39 is 0 Å². The summed E-state index contributed by atoms with van der Waals surface area (Å²) in [6.07, 6.45) is 1.88. The lowest BCUT2D eigenvalue weighted by Gasteiger charge is -2.25. The van der Waals surface area contributed by atoms with Crippen molar-refractivity contribution < 1.29 is 4.79 Å². The van der Waals surface area contributed by atoms with Gasteiger partial charge in [-0.05, 0) is 18.8 Å². The quantitative estimate of drug-likeness (QED) is 0.811. The predicted octanol–water partition coefficient (Wildman–Crippen LogP) is 3.05. The van der Waals surface area contributed by atoms with Crippen LogP contribution in [0.5, 0.6) is 0 Å². The van der Waals surface area contributed by atoms with Gasteiger partial charge in [0.05, 0.1) is 0 Å². The van der Waals surface area contributed by atoms with E-state index in [1.165, 1.54) is 11.3 Å². The molecule has 0 unspecified atom stereocenters. The van der Waals surface area contributed by atoms with Crippen LogP contribution in [0.4, 0.5) is 10.9 Å². The zero-order valence-corrected chi connectivity index (χ0v) is 13.9. The monoisotopic (exact) mass is 298 g/mol. The predicted molar refractivity (Wildman–Crippen MR) is 86.3 cm³/mol. The number of hydrogen-bond acceptors (Lipinski definition) is 5. The molecular formula is C14H26N4OS. The molecular weight excluding hydrogens is 272 g/mol. The Balaban J connectivity index is 2.82. The number of nitrogen functional groups attached to an aromatic ring is 1. The molecule has 0 aliphatic heterocycles. The van der Waals surface area contributed by atoms with Crippen molar-refractivity contribution in [1.82, 2.24) is 9.88 Å². The van der Waals surface area contributed by atoms with Gasteiger partial charge in [0.15, 0.2) is 5.13 Å². The maximum atomic E-state index is 12.5. The first-order valence-electron chi connectivity index (χ1n) is 7.17. The molecule has 0 saturated heterocycles. The van der Waals surface area contributed by atoms with Crippen molar-refractivity contribution in [2.45, 2.75) is 46.6 Å². The lowest BCUT2D eigenvalue weighted by Crippen LogP contribution is -2.36. The lowest BCUT2D eigenvalue weighted by atomic mass is 10.1. The summed E-state index contributed by atoms with van der Waals surface area (Å²) in [4.78, 5) is 19.0. The van der Waals surface area contributed by atoms with Crippen LogP contribution >= 0.6 is 11.3 Å². The highest BCUT2D eigenvalue weighted by molar-refractivity contribution is 7.18. The van der Waals surface area contributed by atoms with Crippen LogP contribution in [0.25, 0.3) is 0 Å². The number of carbonyl (C=O) groups excluding carboxylic acids is 1. The Kier molecular flexibility index (Phi) is 6.26. The van der Waals surface area contributed by atoms with Crippen LogP contribution in [-0.4, -0.2) is 35.4 Å². The van der Waals surface area contributed by atoms with E-state index in [-0.39, 0.29) is 11.9 Å². The van der Waals surface area contributed by atoms with Gasteiger partial charge in [0, 0.05) is 19.6 Å². The molecule has 0 aliphatic rings. The van der Waals surface area contributed by atoms with Gasteiger partial charge >= 0.3 is 0 Å². The molecule has 0 fully saturated rings. The van der Waals surface area contributed by atoms with Gasteiger partial charge in [-0.3, -0.25) is 4.79 Å². The second-order valence-corrected chi connectivity index (χ2v) is 6.39. The van der Waals surface area contributed by atoms with Crippen LogP contribution in [0.15, 0.2) is 0 Å². The number of nitrogens with zero attached hydrogens (tertiary/aromatic N) is 2. The van der Waals surface area contributed by atoms with Crippen LogP contribution in [0, 0.1) is 5.92 Å². The van der Waals surface area contributed by atoms with Gasteiger partial charge in [0.1, 0.15) is 10.7 Å². The summed E-state index contributed by atoms with van der Waals surface area (Å²) in [6.45, 7) is 9.24. The maximum absolute atomic E-state index is 12.5. The molecule has 1 rings (SSSR count). The van der Waals surface area contributed by atoms with Gasteiger partial charge in [-0.15, -0.1) is 0 Å². The van der Waals surface area contributed by atoms with E-state index >= 15 is 0 Å².